The van der Waals surface area contributed by atoms with Crippen LogP contribution in [0.5, 0.6) is 5.75 Å². The van der Waals surface area contributed by atoms with Crippen LogP contribution in [-0.4, -0.2) is 5.97 Å². The van der Waals surface area contributed by atoms with Crippen LogP contribution in [0.3, 0.4) is 0 Å². The van der Waals surface area contributed by atoms with E-state index in [1.54, 1.807) is 54.6 Å². The molecule has 0 unspecified atom stereocenters. The highest BCUT2D eigenvalue weighted by Gasteiger charge is 2.23. The second kappa shape index (κ2) is 7.98. The van der Waals surface area contributed by atoms with Gasteiger partial charge in [-0.1, -0.05) is 53.0 Å². The number of ether oxygens (including phenoxy) is 1. The fourth-order valence-corrected chi connectivity index (χ4v) is 3.44. The second-order valence-electron chi connectivity index (χ2n) is 6.92. The third-order valence-electron chi connectivity index (χ3n) is 4.73. The molecule has 0 spiro atoms. The third-order valence-corrected chi connectivity index (χ3v) is 5.47. The molecule has 0 aliphatic carbocycles. The standard InChI is InChI=1S/C24H16Cl2O4/c1-13-7-9-15(10-8-13)24(28)30-23-21(27)17-12-19(26)14(2)11-20(17)29-22(23)16-5-3-4-6-18(16)25/h3-12H,1-2H3. The van der Waals surface area contributed by atoms with Crippen LogP contribution in [0.15, 0.2) is 69.9 Å². The van der Waals surface area contributed by atoms with Gasteiger partial charge in [0.1, 0.15) is 5.58 Å². The van der Waals surface area contributed by atoms with Gasteiger partial charge in [-0.25, -0.2) is 4.79 Å². The second-order valence-corrected chi connectivity index (χ2v) is 7.74. The Kier molecular flexibility index (Phi) is 5.37. The predicted molar refractivity (Wildman–Crippen MR) is 119 cm³/mol. The van der Waals surface area contributed by atoms with Crippen LogP contribution in [-0.2, 0) is 0 Å². The van der Waals surface area contributed by atoms with Crippen LogP contribution in [0.25, 0.3) is 22.3 Å². The molecule has 150 valence electrons. The lowest BCUT2D eigenvalue weighted by Crippen LogP contribution is -2.16. The minimum atomic E-state index is -0.673. The number of rotatable bonds is 3. The molecule has 4 rings (SSSR count). The SMILES string of the molecule is Cc1ccc(C(=O)Oc2c(-c3ccccc3Cl)oc3cc(C)c(Cl)cc3c2=O)cc1. The number of aryl methyl sites for hydroxylation is 2. The lowest BCUT2D eigenvalue weighted by Gasteiger charge is -2.12. The van der Waals surface area contributed by atoms with E-state index in [4.69, 9.17) is 32.4 Å². The first-order valence-corrected chi connectivity index (χ1v) is 9.91. The monoisotopic (exact) mass is 438 g/mol. The van der Waals surface area contributed by atoms with Gasteiger partial charge < -0.3 is 9.15 Å². The molecular formula is C24H16Cl2O4. The quantitative estimate of drug-likeness (QED) is 0.338. The van der Waals surface area contributed by atoms with Crippen LogP contribution < -0.4 is 10.2 Å². The molecule has 0 N–H and O–H groups in total. The highest BCUT2D eigenvalue weighted by molar-refractivity contribution is 6.33. The third kappa shape index (κ3) is 3.72. The van der Waals surface area contributed by atoms with Crippen molar-refractivity contribution in [3.8, 4) is 17.1 Å². The summed E-state index contributed by atoms with van der Waals surface area (Å²) in [5.41, 5.74) is 2.32. The van der Waals surface area contributed by atoms with E-state index in [0.717, 1.165) is 11.1 Å². The molecule has 30 heavy (non-hydrogen) atoms. The number of hydrogen-bond acceptors (Lipinski definition) is 4. The van der Waals surface area contributed by atoms with Crippen molar-refractivity contribution in [1.29, 1.82) is 0 Å². The summed E-state index contributed by atoms with van der Waals surface area (Å²) in [6.45, 7) is 3.72. The van der Waals surface area contributed by atoms with Gasteiger partial charge in [0.2, 0.25) is 11.2 Å². The molecule has 0 atom stereocenters. The van der Waals surface area contributed by atoms with Crippen molar-refractivity contribution in [2.75, 3.05) is 0 Å². The molecule has 0 saturated heterocycles. The van der Waals surface area contributed by atoms with Crippen molar-refractivity contribution in [3.05, 3.63) is 97.6 Å². The number of fused-ring (bicyclic) bond motifs is 1. The molecule has 0 fully saturated rings. The summed E-state index contributed by atoms with van der Waals surface area (Å²) in [7, 11) is 0. The summed E-state index contributed by atoms with van der Waals surface area (Å²) in [5.74, 6) is -0.824. The van der Waals surface area contributed by atoms with Crippen molar-refractivity contribution >= 4 is 40.1 Å². The first kappa shape index (κ1) is 20.2. The highest BCUT2D eigenvalue weighted by Crippen LogP contribution is 2.36. The highest BCUT2D eigenvalue weighted by atomic mass is 35.5. The van der Waals surface area contributed by atoms with Gasteiger partial charge in [0.15, 0.2) is 5.76 Å². The van der Waals surface area contributed by atoms with E-state index < -0.39 is 11.4 Å². The fraction of sp³-hybridized carbons (Fsp3) is 0.0833. The number of esters is 1. The molecule has 4 nitrogen and oxygen atoms in total. The Morgan fingerprint density at radius 1 is 0.933 bits per heavy atom. The molecule has 0 aliphatic heterocycles. The van der Waals surface area contributed by atoms with Crippen molar-refractivity contribution in [1.82, 2.24) is 0 Å². The Morgan fingerprint density at radius 3 is 2.33 bits per heavy atom. The van der Waals surface area contributed by atoms with Crippen molar-refractivity contribution in [2.45, 2.75) is 13.8 Å². The van der Waals surface area contributed by atoms with Crippen LogP contribution in [0.2, 0.25) is 10.0 Å². The number of halogens is 2. The lowest BCUT2D eigenvalue weighted by atomic mass is 10.1. The van der Waals surface area contributed by atoms with Gasteiger partial charge in [-0.2, -0.15) is 0 Å². The average molecular weight is 439 g/mol. The molecule has 1 aromatic heterocycles. The smallest absolute Gasteiger partial charge is 0.343 e. The fourth-order valence-electron chi connectivity index (χ4n) is 3.06. The van der Waals surface area contributed by atoms with Crippen molar-refractivity contribution < 1.29 is 13.9 Å². The summed E-state index contributed by atoms with van der Waals surface area (Å²) in [6.07, 6.45) is 0. The largest absolute Gasteiger partial charge is 0.452 e. The summed E-state index contributed by atoms with van der Waals surface area (Å²) >= 11 is 12.5. The number of hydrogen-bond donors (Lipinski definition) is 0. The van der Waals surface area contributed by atoms with E-state index in [1.807, 2.05) is 13.8 Å². The van der Waals surface area contributed by atoms with E-state index in [1.165, 1.54) is 6.07 Å². The Balaban J connectivity index is 1.95. The Labute approximate surface area is 182 Å². The van der Waals surface area contributed by atoms with Crippen LogP contribution in [0.4, 0.5) is 0 Å². The van der Waals surface area contributed by atoms with Crippen LogP contribution in [0, 0.1) is 13.8 Å². The van der Waals surface area contributed by atoms with E-state index in [-0.39, 0.29) is 16.9 Å². The topological polar surface area (TPSA) is 56.5 Å². The maximum atomic E-state index is 13.3. The summed E-state index contributed by atoms with van der Waals surface area (Å²) in [6, 6.07) is 16.9. The summed E-state index contributed by atoms with van der Waals surface area (Å²) in [5, 5.41) is 0.988. The zero-order valence-electron chi connectivity index (χ0n) is 16.2. The van der Waals surface area contributed by atoms with Crippen LogP contribution >= 0.6 is 23.2 Å². The lowest BCUT2D eigenvalue weighted by molar-refractivity contribution is 0.0731. The van der Waals surface area contributed by atoms with Gasteiger partial charge in [0.25, 0.3) is 0 Å². The normalized spacial score (nSPS) is 10.9. The van der Waals surface area contributed by atoms with E-state index in [0.29, 0.717) is 26.8 Å². The first-order chi connectivity index (χ1) is 14.3. The molecule has 0 amide bonds. The molecule has 1 heterocycles. The van der Waals surface area contributed by atoms with Gasteiger partial charge in [0, 0.05) is 10.6 Å². The molecule has 0 aliphatic rings. The van der Waals surface area contributed by atoms with Crippen LogP contribution in [0.1, 0.15) is 21.5 Å². The molecule has 0 saturated carbocycles. The maximum Gasteiger partial charge on any atom is 0.343 e. The van der Waals surface area contributed by atoms with Crippen molar-refractivity contribution in [2.24, 2.45) is 0 Å². The molecule has 4 aromatic rings. The zero-order valence-corrected chi connectivity index (χ0v) is 17.7. The minimum absolute atomic E-state index is 0.0836. The van der Waals surface area contributed by atoms with Gasteiger partial charge in [-0.3, -0.25) is 4.79 Å². The van der Waals surface area contributed by atoms with E-state index in [9.17, 15) is 9.59 Å². The molecule has 0 bridgehead atoms. The van der Waals surface area contributed by atoms with Gasteiger partial charge >= 0.3 is 5.97 Å². The number of benzene rings is 3. The van der Waals surface area contributed by atoms with Gasteiger partial charge in [0.05, 0.1) is 16.0 Å². The Hall–Kier alpha value is -3.08. The maximum absolute atomic E-state index is 13.3. The molecular weight excluding hydrogens is 423 g/mol. The van der Waals surface area contributed by atoms with E-state index in [2.05, 4.69) is 0 Å². The first-order valence-electron chi connectivity index (χ1n) is 9.16. The molecule has 3 aromatic carbocycles. The van der Waals surface area contributed by atoms with Gasteiger partial charge in [-0.05, 0) is 55.8 Å². The zero-order chi connectivity index (χ0) is 21.4. The number of carbonyl (C=O) groups is 1. The Bertz CT molecular complexity index is 1340. The summed E-state index contributed by atoms with van der Waals surface area (Å²) < 4.78 is 11.6. The predicted octanol–water partition coefficient (Wildman–Crippen LogP) is 6.60. The summed E-state index contributed by atoms with van der Waals surface area (Å²) in [4.78, 5) is 26.0. The molecule has 6 heteroatoms. The van der Waals surface area contributed by atoms with Gasteiger partial charge in [-0.15, -0.1) is 0 Å². The Morgan fingerprint density at radius 2 is 1.63 bits per heavy atom. The van der Waals surface area contributed by atoms with Crippen molar-refractivity contribution in [3.63, 3.8) is 0 Å². The molecule has 0 radical (unpaired) electrons. The van der Waals surface area contributed by atoms with E-state index >= 15 is 0 Å². The minimum Gasteiger partial charge on any atom is -0.452 e. The number of carbonyl (C=O) groups excluding carboxylic acids is 1. The average Bonchev–Trinajstić information content (AvgIpc) is 2.72.